The van der Waals surface area contributed by atoms with Crippen molar-refractivity contribution in [1.82, 2.24) is 14.4 Å². The molecule has 0 radical (unpaired) electrons. The van der Waals surface area contributed by atoms with Crippen molar-refractivity contribution in [1.29, 1.82) is 0 Å². The predicted molar refractivity (Wildman–Crippen MR) is 114 cm³/mol. The fourth-order valence-electron chi connectivity index (χ4n) is 4.26. The summed E-state index contributed by atoms with van der Waals surface area (Å²) in [6.45, 7) is 7.23. The lowest BCUT2D eigenvalue weighted by Crippen LogP contribution is -2.47. The Bertz CT molecular complexity index is 1050. The largest absolute Gasteiger partial charge is 0.487 e. The molecule has 0 N–H and O–H groups in total. The summed E-state index contributed by atoms with van der Waals surface area (Å²) in [6, 6.07) is 8.11. The maximum absolute atomic E-state index is 13.6. The van der Waals surface area contributed by atoms with Gasteiger partial charge in [-0.25, -0.2) is 8.42 Å². The van der Waals surface area contributed by atoms with E-state index in [2.05, 4.69) is 19.0 Å². The first-order valence-corrected chi connectivity index (χ1v) is 12.2. The van der Waals surface area contributed by atoms with Gasteiger partial charge < -0.3 is 14.2 Å². The number of hydrogen-bond acceptors (Lipinski definition) is 6. The minimum Gasteiger partial charge on any atom is -0.487 e. The van der Waals surface area contributed by atoms with Crippen molar-refractivity contribution >= 4 is 15.9 Å². The summed E-state index contributed by atoms with van der Waals surface area (Å²) in [7, 11) is -3.71. The van der Waals surface area contributed by atoms with E-state index < -0.39 is 10.0 Å². The number of amides is 1. The number of para-hydroxylation sites is 1. The van der Waals surface area contributed by atoms with Gasteiger partial charge in [0, 0.05) is 32.1 Å². The van der Waals surface area contributed by atoms with Crippen LogP contribution >= 0.6 is 0 Å². The van der Waals surface area contributed by atoms with Crippen LogP contribution in [0.25, 0.3) is 0 Å². The van der Waals surface area contributed by atoms with E-state index in [0.29, 0.717) is 49.9 Å². The first-order valence-electron chi connectivity index (χ1n) is 10.8. The lowest BCUT2D eigenvalue weighted by atomic mass is 10.0. The van der Waals surface area contributed by atoms with Crippen LogP contribution in [0.2, 0.25) is 0 Å². The number of fused-ring (bicyclic) bond motifs is 2. The standard InChI is InChI=1S/C22H29N3O5S/c1-15(2)8-13-25-18-9-11-24(22(26)17-14-16(3)30-23-17)12-10-19(18)29-20-6-4-5-7-21(20)31(25,27)28/h4-7,14-15,18-19H,8-13H2,1-3H3/t18-,19-/m0/s1. The summed E-state index contributed by atoms with van der Waals surface area (Å²) in [5.74, 6) is 1.13. The molecule has 9 heteroatoms. The van der Waals surface area contributed by atoms with E-state index in [4.69, 9.17) is 9.26 Å². The quantitative estimate of drug-likeness (QED) is 0.715. The Balaban J connectivity index is 1.65. The first-order chi connectivity index (χ1) is 14.8. The van der Waals surface area contributed by atoms with Crippen LogP contribution in [-0.4, -0.2) is 60.5 Å². The van der Waals surface area contributed by atoms with E-state index in [9.17, 15) is 13.2 Å². The maximum atomic E-state index is 13.6. The molecule has 1 saturated heterocycles. The highest BCUT2D eigenvalue weighted by Gasteiger charge is 2.43. The zero-order chi connectivity index (χ0) is 22.2. The highest BCUT2D eigenvalue weighted by atomic mass is 32.2. The van der Waals surface area contributed by atoms with Crippen molar-refractivity contribution in [2.45, 2.75) is 57.1 Å². The molecule has 4 rings (SSSR count). The normalized spacial score (nSPS) is 23.4. The van der Waals surface area contributed by atoms with E-state index in [-0.39, 0.29) is 28.6 Å². The molecular formula is C22H29N3O5S. The third kappa shape index (κ3) is 4.34. The second-order valence-corrected chi connectivity index (χ2v) is 10.5. The molecule has 1 fully saturated rings. The summed E-state index contributed by atoms with van der Waals surface area (Å²) in [5, 5.41) is 3.84. The molecule has 3 heterocycles. The van der Waals surface area contributed by atoms with Gasteiger partial charge in [-0.3, -0.25) is 4.79 Å². The summed E-state index contributed by atoms with van der Waals surface area (Å²) in [4.78, 5) is 14.8. The molecule has 1 aromatic carbocycles. The number of benzene rings is 1. The molecule has 168 valence electrons. The van der Waals surface area contributed by atoms with Gasteiger partial charge >= 0.3 is 0 Å². The van der Waals surface area contributed by atoms with Crippen LogP contribution in [0.4, 0.5) is 0 Å². The number of rotatable bonds is 4. The van der Waals surface area contributed by atoms with Gasteiger partial charge in [0.2, 0.25) is 10.0 Å². The number of nitrogens with zero attached hydrogens (tertiary/aromatic N) is 3. The molecule has 31 heavy (non-hydrogen) atoms. The second-order valence-electron chi connectivity index (χ2n) is 8.66. The van der Waals surface area contributed by atoms with Gasteiger partial charge in [-0.05, 0) is 37.8 Å². The monoisotopic (exact) mass is 447 g/mol. The van der Waals surface area contributed by atoms with Crippen molar-refractivity contribution in [2.24, 2.45) is 5.92 Å². The molecule has 0 aliphatic carbocycles. The summed E-state index contributed by atoms with van der Waals surface area (Å²) >= 11 is 0. The van der Waals surface area contributed by atoms with Gasteiger partial charge in [0.15, 0.2) is 5.69 Å². The number of ether oxygens (including phenoxy) is 1. The molecule has 2 aromatic rings. The lowest BCUT2D eigenvalue weighted by molar-refractivity contribution is 0.0744. The third-order valence-corrected chi connectivity index (χ3v) is 7.92. The van der Waals surface area contributed by atoms with Crippen LogP contribution in [0.1, 0.15) is 49.4 Å². The molecule has 1 aromatic heterocycles. The number of aryl methyl sites for hydroxylation is 1. The smallest absolute Gasteiger partial charge is 0.276 e. The number of aromatic nitrogens is 1. The van der Waals surface area contributed by atoms with Crippen LogP contribution in [0.3, 0.4) is 0 Å². The Kier molecular flexibility index (Phi) is 6.07. The van der Waals surface area contributed by atoms with E-state index >= 15 is 0 Å². The molecule has 0 saturated carbocycles. The lowest BCUT2D eigenvalue weighted by Gasteiger charge is -2.32. The van der Waals surface area contributed by atoms with Crippen molar-refractivity contribution in [3.8, 4) is 5.75 Å². The summed E-state index contributed by atoms with van der Waals surface area (Å²) < 4.78 is 40.1. The third-order valence-electron chi connectivity index (χ3n) is 5.95. The molecule has 2 aliphatic rings. The van der Waals surface area contributed by atoms with Gasteiger partial charge in [-0.15, -0.1) is 0 Å². The molecule has 1 amide bonds. The summed E-state index contributed by atoms with van der Waals surface area (Å²) in [5.41, 5.74) is 0.273. The average Bonchev–Trinajstić information content (AvgIpc) is 3.02. The van der Waals surface area contributed by atoms with Crippen LogP contribution in [0, 0.1) is 12.8 Å². The predicted octanol–water partition coefficient (Wildman–Crippen LogP) is 3.09. The van der Waals surface area contributed by atoms with E-state index in [1.165, 1.54) is 0 Å². The molecule has 0 unspecified atom stereocenters. The van der Waals surface area contributed by atoms with Crippen molar-refractivity contribution in [3.63, 3.8) is 0 Å². The Labute approximate surface area is 183 Å². The fraction of sp³-hybridized carbons (Fsp3) is 0.545. The minimum absolute atomic E-state index is 0.203. The van der Waals surface area contributed by atoms with Gasteiger partial charge in [0.1, 0.15) is 22.5 Å². The van der Waals surface area contributed by atoms with Gasteiger partial charge in [-0.2, -0.15) is 4.31 Å². The Hall–Kier alpha value is -2.39. The topological polar surface area (TPSA) is 93.0 Å². The van der Waals surface area contributed by atoms with Gasteiger partial charge in [0.05, 0.1) is 6.04 Å². The van der Waals surface area contributed by atoms with Crippen molar-refractivity contribution in [3.05, 3.63) is 41.8 Å². The highest BCUT2D eigenvalue weighted by Crippen LogP contribution is 2.36. The molecule has 0 bridgehead atoms. The Morgan fingerprint density at radius 1 is 1.23 bits per heavy atom. The van der Waals surface area contributed by atoms with Crippen LogP contribution in [0.15, 0.2) is 39.8 Å². The Morgan fingerprint density at radius 2 is 1.97 bits per heavy atom. The Morgan fingerprint density at radius 3 is 2.68 bits per heavy atom. The molecule has 2 aliphatic heterocycles. The van der Waals surface area contributed by atoms with Gasteiger partial charge in [-0.1, -0.05) is 31.1 Å². The van der Waals surface area contributed by atoms with Crippen LogP contribution < -0.4 is 4.74 Å². The van der Waals surface area contributed by atoms with E-state index in [0.717, 1.165) is 6.42 Å². The molecule has 0 spiro atoms. The van der Waals surface area contributed by atoms with Crippen molar-refractivity contribution < 1.29 is 22.5 Å². The number of carbonyl (C=O) groups excluding carboxylic acids is 1. The van der Waals surface area contributed by atoms with E-state index in [1.807, 2.05) is 0 Å². The van der Waals surface area contributed by atoms with Crippen LogP contribution in [-0.2, 0) is 10.0 Å². The summed E-state index contributed by atoms with van der Waals surface area (Å²) in [6.07, 6.45) is 1.46. The average molecular weight is 448 g/mol. The number of sulfonamides is 1. The molecular weight excluding hydrogens is 418 g/mol. The minimum atomic E-state index is -3.71. The zero-order valence-electron chi connectivity index (χ0n) is 18.2. The number of carbonyl (C=O) groups is 1. The molecule has 2 atom stereocenters. The SMILES string of the molecule is Cc1cc(C(=O)N2CC[C@@H]3Oc4ccccc4S(=O)(=O)N(CCC(C)C)[C@H]3CC2)no1. The second kappa shape index (κ2) is 8.63. The molecule has 8 nitrogen and oxygen atoms in total. The van der Waals surface area contributed by atoms with Gasteiger partial charge in [0.25, 0.3) is 5.91 Å². The zero-order valence-corrected chi connectivity index (χ0v) is 19.0. The number of likely N-dealkylation sites (tertiary alicyclic amines) is 1. The number of hydrogen-bond donors (Lipinski definition) is 0. The van der Waals surface area contributed by atoms with E-state index in [1.54, 1.807) is 46.5 Å². The van der Waals surface area contributed by atoms with Crippen molar-refractivity contribution in [2.75, 3.05) is 19.6 Å². The maximum Gasteiger partial charge on any atom is 0.276 e. The first kappa shape index (κ1) is 21.8. The highest BCUT2D eigenvalue weighted by molar-refractivity contribution is 7.89. The fourth-order valence-corrected chi connectivity index (χ4v) is 6.08. The van der Waals surface area contributed by atoms with Crippen LogP contribution in [0.5, 0.6) is 5.75 Å².